The van der Waals surface area contributed by atoms with Crippen LogP contribution in [0.2, 0.25) is 0 Å². The molecule has 1 aromatic heterocycles. The minimum absolute atomic E-state index is 0.652. The van der Waals surface area contributed by atoms with Crippen molar-refractivity contribution in [3.05, 3.63) is 28.6 Å². The first kappa shape index (κ1) is 8.26. The largest absolute Gasteiger partial charge is 0.440 e. The number of aromatic nitrogens is 1. The Morgan fingerprint density at radius 1 is 1.42 bits per heavy atom. The van der Waals surface area contributed by atoms with E-state index < -0.39 is 0 Å². The second kappa shape index (κ2) is 3.18. The lowest BCUT2D eigenvalue weighted by Crippen LogP contribution is -1.72. The Kier molecular flexibility index (Phi) is 2.19. The topological polar surface area (TPSA) is 26.0 Å². The van der Waals surface area contributed by atoms with Crippen LogP contribution in [0.1, 0.15) is 5.89 Å². The summed E-state index contributed by atoms with van der Waals surface area (Å²) in [7, 11) is 0. The molecule has 0 saturated carbocycles. The van der Waals surface area contributed by atoms with Crippen LogP contribution >= 0.6 is 31.9 Å². The number of oxazole rings is 1. The van der Waals surface area contributed by atoms with E-state index in [4.69, 9.17) is 4.42 Å². The second-order valence-corrected chi connectivity index (χ2v) is 3.83. The van der Waals surface area contributed by atoms with Gasteiger partial charge in [-0.3, -0.25) is 0 Å². The number of alkyl halides is 1. The highest BCUT2D eigenvalue weighted by Crippen LogP contribution is 2.20. The van der Waals surface area contributed by atoms with Gasteiger partial charge < -0.3 is 4.42 Å². The van der Waals surface area contributed by atoms with Crippen LogP contribution in [0.25, 0.3) is 11.1 Å². The number of hydrogen-bond acceptors (Lipinski definition) is 2. The van der Waals surface area contributed by atoms with Crippen molar-refractivity contribution in [2.75, 3.05) is 0 Å². The van der Waals surface area contributed by atoms with Crippen molar-refractivity contribution in [1.29, 1.82) is 0 Å². The molecule has 1 heterocycles. The molecule has 0 aliphatic heterocycles. The molecule has 1 aromatic carbocycles. The van der Waals surface area contributed by atoms with Gasteiger partial charge in [0.2, 0.25) is 5.89 Å². The van der Waals surface area contributed by atoms with E-state index in [-0.39, 0.29) is 0 Å². The van der Waals surface area contributed by atoms with E-state index in [0.717, 1.165) is 15.6 Å². The highest BCUT2D eigenvalue weighted by atomic mass is 79.9. The summed E-state index contributed by atoms with van der Waals surface area (Å²) in [5.41, 5.74) is 1.71. The molecule has 0 unspecified atom stereocenters. The molecule has 0 radical (unpaired) electrons. The van der Waals surface area contributed by atoms with Crippen LogP contribution in [-0.2, 0) is 5.33 Å². The van der Waals surface area contributed by atoms with Gasteiger partial charge in [0.05, 0.1) is 5.33 Å². The van der Waals surface area contributed by atoms with Gasteiger partial charge in [0.25, 0.3) is 0 Å². The Bertz CT molecular complexity index is 410. The molecule has 0 fully saturated rings. The maximum absolute atomic E-state index is 5.39. The first-order chi connectivity index (χ1) is 5.79. The first-order valence-electron chi connectivity index (χ1n) is 3.40. The molecular formula is C8H5Br2NO. The number of nitrogens with zero attached hydrogens (tertiary/aromatic N) is 1. The van der Waals surface area contributed by atoms with Crippen molar-refractivity contribution >= 4 is 43.0 Å². The third kappa shape index (κ3) is 1.41. The van der Waals surface area contributed by atoms with Crippen molar-refractivity contribution in [2.24, 2.45) is 0 Å². The lowest BCUT2D eigenvalue weighted by molar-refractivity contribution is 0.557. The maximum atomic E-state index is 5.39. The van der Waals surface area contributed by atoms with E-state index in [0.29, 0.717) is 11.2 Å². The molecule has 0 amide bonds. The van der Waals surface area contributed by atoms with Crippen LogP contribution in [0.15, 0.2) is 27.1 Å². The minimum Gasteiger partial charge on any atom is -0.440 e. The van der Waals surface area contributed by atoms with Crippen LogP contribution in [0.3, 0.4) is 0 Å². The zero-order chi connectivity index (χ0) is 8.55. The molecule has 0 aliphatic carbocycles. The number of halogens is 2. The van der Waals surface area contributed by atoms with Crippen molar-refractivity contribution in [2.45, 2.75) is 5.33 Å². The zero-order valence-corrected chi connectivity index (χ0v) is 9.22. The van der Waals surface area contributed by atoms with Crippen LogP contribution in [-0.4, -0.2) is 4.98 Å². The van der Waals surface area contributed by atoms with Gasteiger partial charge in [-0.1, -0.05) is 31.9 Å². The number of benzene rings is 1. The molecule has 12 heavy (non-hydrogen) atoms. The molecule has 0 atom stereocenters. The van der Waals surface area contributed by atoms with E-state index in [2.05, 4.69) is 36.8 Å². The zero-order valence-electron chi connectivity index (χ0n) is 6.05. The van der Waals surface area contributed by atoms with Gasteiger partial charge in [0.1, 0.15) is 5.52 Å². The molecule has 0 N–H and O–H groups in total. The Hall–Kier alpha value is -0.350. The monoisotopic (exact) mass is 289 g/mol. The Labute approximate surface area is 86.2 Å². The summed E-state index contributed by atoms with van der Waals surface area (Å²) < 4.78 is 6.41. The van der Waals surface area contributed by atoms with Crippen molar-refractivity contribution in [3.8, 4) is 0 Å². The highest BCUT2D eigenvalue weighted by Gasteiger charge is 2.03. The van der Waals surface area contributed by atoms with Gasteiger partial charge in [-0.2, -0.15) is 0 Å². The average Bonchev–Trinajstić information content (AvgIpc) is 2.46. The van der Waals surface area contributed by atoms with Gasteiger partial charge in [0.15, 0.2) is 5.58 Å². The third-order valence-corrected chi connectivity index (χ3v) is 2.48. The lowest BCUT2D eigenvalue weighted by atomic mass is 10.3. The lowest BCUT2D eigenvalue weighted by Gasteiger charge is -1.86. The van der Waals surface area contributed by atoms with Crippen molar-refractivity contribution < 1.29 is 4.42 Å². The molecule has 0 saturated heterocycles. The Morgan fingerprint density at radius 2 is 2.25 bits per heavy atom. The summed E-state index contributed by atoms with van der Waals surface area (Å²) in [4.78, 5) is 4.25. The summed E-state index contributed by atoms with van der Waals surface area (Å²) >= 11 is 6.66. The normalized spacial score (nSPS) is 10.8. The molecule has 0 aliphatic rings. The van der Waals surface area contributed by atoms with Crippen molar-refractivity contribution in [3.63, 3.8) is 0 Å². The van der Waals surface area contributed by atoms with Gasteiger partial charge in [-0.15, -0.1) is 0 Å². The smallest absolute Gasteiger partial charge is 0.206 e. The van der Waals surface area contributed by atoms with Crippen LogP contribution in [0, 0.1) is 0 Å². The van der Waals surface area contributed by atoms with E-state index in [9.17, 15) is 0 Å². The quantitative estimate of drug-likeness (QED) is 0.752. The van der Waals surface area contributed by atoms with Gasteiger partial charge in [-0.25, -0.2) is 4.98 Å². The molecule has 4 heteroatoms. The van der Waals surface area contributed by atoms with Crippen LogP contribution < -0.4 is 0 Å². The molecule has 2 aromatic rings. The van der Waals surface area contributed by atoms with Crippen molar-refractivity contribution in [1.82, 2.24) is 4.98 Å². The summed E-state index contributed by atoms with van der Waals surface area (Å²) in [6.45, 7) is 0. The SMILES string of the molecule is BrCc1nc2cc(Br)ccc2o1. The van der Waals surface area contributed by atoms with E-state index in [1.807, 2.05) is 18.2 Å². The predicted molar refractivity (Wildman–Crippen MR) is 54.3 cm³/mol. The first-order valence-corrected chi connectivity index (χ1v) is 5.32. The fourth-order valence-electron chi connectivity index (χ4n) is 1.01. The predicted octanol–water partition coefficient (Wildman–Crippen LogP) is 3.49. The van der Waals surface area contributed by atoms with E-state index in [1.165, 1.54) is 0 Å². The summed E-state index contributed by atoms with van der Waals surface area (Å²) in [5.74, 6) is 0.711. The van der Waals surface area contributed by atoms with E-state index >= 15 is 0 Å². The van der Waals surface area contributed by atoms with Gasteiger partial charge in [-0.05, 0) is 18.2 Å². The fourth-order valence-corrected chi connectivity index (χ4v) is 1.59. The van der Waals surface area contributed by atoms with Gasteiger partial charge in [0, 0.05) is 4.47 Å². The average molecular weight is 291 g/mol. The van der Waals surface area contributed by atoms with Gasteiger partial charge >= 0.3 is 0 Å². The summed E-state index contributed by atoms with van der Waals surface area (Å²) in [6.07, 6.45) is 0. The summed E-state index contributed by atoms with van der Waals surface area (Å²) in [6, 6.07) is 5.77. The summed E-state index contributed by atoms with van der Waals surface area (Å²) in [5, 5.41) is 0.652. The maximum Gasteiger partial charge on any atom is 0.206 e. The highest BCUT2D eigenvalue weighted by molar-refractivity contribution is 9.10. The molecular weight excluding hydrogens is 286 g/mol. The Balaban J connectivity index is 2.67. The van der Waals surface area contributed by atoms with Crippen LogP contribution in [0.4, 0.5) is 0 Å². The van der Waals surface area contributed by atoms with E-state index in [1.54, 1.807) is 0 Å². The molecule has 62 valence electrons. The number of rotatable bonds is 1. The molecule has 2 rings (SSSR count). The molecule has 0 bridgehead atoms. The molecule has 0 spiro atoms. The number of fused-ring (bicyclic) bond motifs is 1. The third-order valence-electron chi connectivity index (χ3n) is 1.51. The standard InChI is InChI=1S/C8H5Br2NO/c9-4-8-11-6-3-5(10)1-2-7(6)12-8/h1-3H,4H2. The molecule has 2 nitrogen and oxygen atoms in total. The minimum atomic E-state index is 0.652. The Morgan fingerprint density at radius 3 is 3.00 bits per heavy atom. The fraction of sp³-hybridized carbons (Fsp3) is 0.125. The second-order valence-electron chi connectivity index (χ2n) is 2.35. The van der Waals surface area contributed by atoms with Crippen LogP contribution in [0.5, 0.6) is 0 Å². The number of hydrogen-bond donors (Lipinski definition) is 0.